The number of carboxylic acids is 1. The Bertz CT molecular complexity index is 547. The molecule has 18 heavy (non-hydrogen) atoms. The average molecular weight is 246 g/mol. The molecule has 2 rings (SSSR count). The maximum absolute atomic E-state index is 10.7. The molecule has 4 nitrogen and oxygen atoms in total. The van der Waals surface area contributed by atoms with E-state index in [1.54, 1.807) is 0 Å². The molecule has 0 saturated carbocycles. The van der Waals surface area contributed by atoms with Crippen molar-refractivity contribution in [1.82, 2.24) is 4.98 Å². The van der Waals surface area contributed by atoms with Gasteiger partial charge in [-0.15, -0.1) is 0 Å². The highest BCUT2D eigenvalue weighted by atomic mass is 16.4. The predicted molar refractivity (Wildman–Crippen MR) is 73.0 cm³/mol. The number of carboxylic acid groups (broad SMARTS) is 1. The van der Waals surface area contributed by atoms with E-state index >= 15 is 0 Å². The Morgan fingerprint density at radius 3 is 2.89 bits per heavy atom. The van der Waals surface area contributed by atoms with E-state index in [1.807, 2.05) is 38.4 Å². The molecule has 1 unspecified atom stereocenters. The number of carbonyl (C=O) groups is 1. The minimum absolute atomic E-state index is 0.126. The largest absolute Gasteiger partial charge is 0.481 e. The fourth-order valence-electron chi connectivity index (χ4n) is 2.30. The van der Waals surface area contributed by atoms with E-state index < -0.39 is 5.97 Å². The molecule has 0 saturated heterocycles. The molecule has 1 atom stereocenters. The number of aliphatic carboxylic acids is 1. The summed E-state index contributed by atoms with van der Waals surface area (Å²) >= 11 is 0. The van der Waals surface area contributed by atoms with Crippen molar-refractivity contribution in [3.8, 4) is 0 Å². The molecule has 0 aliphatic rings. The van der Waals surface area contributed by atoms with Crippen molar-refractivity contribution in [1.29, 1.82) is 0 Å². The third kappa shape index (κ3) is 2.64. The molecule has 0 bridgehead atoms. The fourth-order valence-corrected chi connectivity index (χ4v) is 2.30. The number of aromatic nitrogens is 1. The van der Waals surface area contributed by atoms with Gasteiger partial charge in [0.15, 0.2) is 0 Å². The summed E-state index contributed by atoms with van der Waals surface area (Å²) < 4.78 is 0. The molecular weight excluding hydrogens is 228 g/mol. The SMILES string of the molecule is CC(CC(=O)O)CN(C)c1c[nH]c2ccccc12. The Labute approximate surface area is 106 Å². The molecule has 2 N–H and O–H groups in total. The standard InChI is InChI=1S/C14H18N2O2/c1-10(7-14(17)18)9-16(2)13-8-15-12-6-4-3-5-11(12)13/h3-6,8,10,15H,7,9H2,1-2H3,(H,17,18). The lowest BCUT2D eigenvalue weighted by Crippen LogP contribution is -2.25. The molecule has 2 aromatic rings. The number of hydrogen-bond donors (Lipinski definition) is 2. The Balaban J connectivity index is 2.13. The smallest absolute Gasteiger partial charge is 0.303 e. The van der Waals surface area contributed by atoms with Gasteiger partial charge in [0.25, 0.3) is 0 Å². The summed E-state index contributed by atoms with van der Waals surface area (Å²) in [5.74, 6) is -0.615. The van der Waals surface area contributed by atoms with E-state index in [9.17, 15) is 4.79 Å². The van der Waals surface area contributed by atoms with Gasteiger partial charge in [-0.3, -0.25) is 4.79 Å². The highest BCUT2D eigenvalue weighted by molar-refractivity contribution is 5.92. The number of hydrogen-bond acceptors (Lipinski definition) is 2. The number of nitrogens with zero attached hydrogens (tertiary/aromatic N) is 1. The van der Waals surface area contributed by atoms with Gasteiger partial charge >= 0.3 is 5.97 Å². The number of nitrogens with one attached hydrogen (secondary N) is 1. The van der Waals surface area contributed by atoms with E-state index in [0.29, 0.717) is 0 Å². The van der Waals surface area contributed by atoms with E-state index in [-0.39, 0.29) is 12.3 Å². The van der Waals surface area contributed by atoms with Crippen LogP contribution < -0.4 is 4.90 Å². The summed E-state index contributed by atoms with van der Waals surface area (Å²) in [6.07, 6.45) is 2.17. The first-order chi connectivity index (χ1) is 8.58. The van der Waals surface area contributed by atoms with Gasteiger partial charge < -0.3 is 15.0 Å². The highest BCUT2D eigenvalue weighted by Gasteiger charge is 2.13. The zero-order valence-corrected chi connectivity index (χ0v) is 10.7. The van der Waals surface area contributed by atoms with Gasteiger partial charge in [-0.05, 0) is 12.0 Å². The minimum Gasteiger partial charge on any atom is -0.481 e. The lowest BCUT2D eigenvalue weighted by atomic mass is 10.1. The van der Waals surface area contributed by atoms with Crippen LogP contribution in [0, 0.1) is 5.92 Å². The quantitative estimate of drug-likeness (QED) is 0.852. The van der Waals surface area contributed by atoms with Crippen molar-refractivity contribution >= 4 is 22.6 Å². The molecule has 4 heteroatoms. The normalized spacial score (nSPS) is 12.6. The number of benzene rings is 1. The Hall–Kier alpha value is -1.97. The van der Waals surface area contributed by atoms with Crippen LogP contribution in [0.15, 0.2) is 30.5 Å². The molecule has 1 aromatic heterocycles. The van der Waals surface area contributed by atoms with Gasteiger partial charge in [0.05, 0.1) is 5.69 Å². The van der Waals surface area contributed by atoms with Crippen LogP contribution in [-0.2, 0) is 4.79 Å². The lowest BCUT2D eigenvalue weighted by Gasteiger charge is -2.21. The van der Waals surface area contributed by atoms with Gasteiger partial charge in [-0.1, -0.05) is 25.1 Å². The van der Waals surface area contributed by atoms with Crippen LogP contribution >= 0.6 is 0 Å². The number of aromatic amines is 1. The topological polar surface area (TPSA) is 56.3 Å². The summed E-state index contributed by atoms with van der Waals surface area (Å²) in [6, 6.07) is 8.11. The molecule has 1 heterocycles. The van der Waals surface area contributed by atoms with Crippen LogP contribution in [0.5, 0.6) is 0 Å². The van der Waals surface area contributed by atoms with E-state index in [4.69, 9.17) is 5.11 Å². The van der Waals surface area contributed by atoms with Crippen LogP contribution in [-0.4, -0.2) is 29.7 Å². The highest BCUT2D eigenvalue weighted by Crippen LogP contribution is 2.26. The van der Waals surface area contributed by atoms with E-state index in [0.717, 1.165) is 17.7 Å². The second-order valence-corrected chi connectivity index (χ2v) is 4.80. The van der Waals surface area contributed by atoms with Crippen molar-refractivity contribution in [3.63, 3.8) is 0 Å². The van der Waals surface area contributed by atoms with Crippen LogP contribution in [0.1, 0.15) is 13.3 Å². The lowest BCUT2D eigenvalue weighted by molar-refractivity contribution is -0.137. The first-order valence-corrected chi connectivity index (χ1v) is 6.07. The van der Waals surface area contributed by atoms with Crippen molar-refractivity contribution in [3.05, 3.63) is 30.5 Å². The van der Waals surface area contributed by atoms with Gasteiger partial charge in [-0.25, -0.2) is 0 Å². The molecule has 0 aliphatic carbocycles. The summed E-state index contributed by atoms with van der Waals surface area (Å²) in [5, 5.41) is 9.94. The summed E-state index contributed by atoms with van der Waals surface area (Å²) in [4.78, 5) is 16.0. The van der Waals surface area contributed by atoms with Gasteiger partial charge in [0.1, 0.15) is 0 Å². The van der Waals surface area contributed by atoms with Crippen LogP contribution in [0.4, 0.5) is 5.69 Å². The Morgan fingerprint density at radius 1 is 1.44 bits per heavy atom. The number of para-hydroxylation sites is 1. The average Bonchev–Trinajstić information content (AvgIpc) is 2.71. The van der Waals surface area contributed by atoms with Crippen LogP contribution in [0.2, 0.25) is 0 Å². The Kier molecular flexibility index (Phi) is 3.55. The number of rotatable bonds is 5. The molecule has 96 valence electrons. The van der Waals surface area contributed by atoms with Gasteiger partial charge in [0.2, 0.25) is 0 Å². The van der Waals surface area contributed by atoms with E-state index in [2.05, 4.69) is 16.0 Å². The zero-order valence-electron chi connectivity index (χ0n) is 10.7. The molecular formula is C14H18N2O2. The van der Waals surface area contributed by atoms with Crippen molar-refractivity contribution in [2.45, 2.75) is 13.3 Å². The Morgan fingerprint density at radius 2 is 2.17 bits per heavy atom. The number of fused-ring (bicyclic) bond motifs is 1. The van der Waals surface area contributed by atoms with Crippen LogP contribution in [0.3, 0.4) is 0 Å². The second-order valence-electron chi connectivity index (χ2n) is 4.80. The van der Waals surface area contributed by atoms with Crippen molar-refractivity contribution in [2.24, 2.45) is 5.92 Å². The molecule has 0 aliphatic heterocycles. The molecule has 0 radical (unpaired) electrons. The van der Waals surface area contributed by atoms with Crippen molar-refractivity contribution in [2.75, 3.05) is 18.5 Å². The zero-order chi connectivity index (χ0) is 13.1. The first-order valence-electron chi connectivity index (χ1n) is 6.07. The predicted octanol–water partition coefficient (Wildman–Crippen LogP) is 2.71. The maximum atomic E-state index is 10.7. The summed E-state index contributed by atoms with van der Waals surface area (Å²) in [5.41, 5.74) is 2.22. The maximum Gasteiger partial charge on any atom is 0.303 e. The third-order valence-corrected chi connectivity index (χ3v) is 3.09. The monoisotopic (exact) mass is 246 g/mol. The van der Waals surface area contributed by atoms with E-state index in [1.165, 1.54) is 5.39 Å². The second kappa shape index (κ2) is 5.12. The number of anilines is 1. The summed E-state index contributed by atoms with van der Waals surface area (Å²) in [6.45, 7) is 2.69. The third-order valence-electron chi connectivity index (χ3n) is 3.09. The summed E-state index contributed by atoms with van der Waals surface area (Å²) in [7, 11) is 1.99. The first kappa shape index (κ1) is 12.5. The molecule has 0 fully saturated rings. The molecule has 0 spiro atoms. The van der Waals surface area contributed by atoms with Crippen molar-refractivity contribution < 1.29 is 9.90 Å². The number of H-pyrrole nitrogens is 1. The van der Waals surface area contributed by atoms with Crippen LogP contribution in [0.25, 0.3) is 10.9 Å². The minimum atomic E-state index is -0.741. The van der Waals surface area contributed by atoms with Gasteiger partial charge in [0, 0.05) is 37.1 Å². The molecule has 0 amide bonds. The molecule has 1 aromatic carbocycles. The fraction of sp³-hybridized carbons (Fsp3) is 0.357. The van der Waals surface area contributed by atoms with Gasteiger partial charge in [-0.2, -0.15) is 0 Å².